The molecular formula is C13H13BrClN3O. The van der Waals surface area contributed by atoms with E-state index in [1.54, 1.807) is 24.4 Å². The predicted octanol–water partition coefficient (Wildman–Crippen LogP) is 2.81. The molecule has 0 aliphatic carbocycles. The van der Waals surface area contributed by atoms with Crippen molar-refractivity contribution in [2.75, 3.05) is 6.54 Å². The monoisotopic (exact) mass is 341 g/mol. The highest BCUT2D eigenvalue weighted by Gasteiger charge is 2.11. The van der Waals surface area contributed by atoms with Crippen LogP contribution in [0.25, 0.3) is 0 Å². The standard InChI is InChI=1S/C13H13BrClN3O/c1-18-8-7-16-11(18)5-6-17-13(19)9-3-2-4-10(14)12(9)15/h2-4,7-8H,5-6H2,1H3,(H,17,19). The first kappa shape index (κ1) is 14.1. The van der Waals surface area contributed by atoms with Gasteiger partial charge in [0.25, 0.3) is 5.91 Å². The van der Waals surface area contributed by atoms with Crippen LogP contribution < -0.4 is 5.32 Å². The summed E-state index contributed by atoms with van der Waals surface area (Å²) in [5.41, 5.74) is 0.468. The highest BCUT2D eigenvalue weighted by Crippen LogP contribution is 2.25. The molecule has 2 aromatic rings. The molecule has 0 unspecified atom stereocenters. The fourth-order valence-corrected chi connectivity index (χ4v) is 2.28. The number of benzene rings is 1. The zero-order chi connectivity index (χ0) is 13.8. The Morgan fingerprint density at radius 1 is 1.53 bits per heavy atom. The second-order valence-electron chi connectivity index (χ2n) is 4.06. The maximum Gasteiger partial charge on any atom is 0.252 e. The number of carbonyl (C=O) groups excluding carboxylic acids is 1. The Bertz CT molecular complexity index is 597. The van der Waals surface area contributed by atoms with E-state index in [0.29, 0.717) is 28.0 Å². The first-order valence-electron chi connectivity index (χ1n) is 5.78. The van der Waals surface area contributed by atoms with Crippen molar-refractivity contribution in [3.8, 4) is 0 Å². The molecule has 1 N–H and O–H groups in total. The molecule has 100 valence electrons. The van der Waals surface area contributed by atoms with Gasteiger partial charge in [0, 0.05) is 36.9 Å². The van der Waals surface area contributed by atoms with Gasteiger partial charge in [-0.2, -0.15) is 0 Å². The highest BCUT2D eigenvalue weighted by molar-refractivity contribution is 9.10. The number of hydrogen-bond donors (Lipinski definition) is 1. The van der Waals surface area contributed by atoms with Gasteiger partial charge in [-0.25, -0.2) is 4.98 Å². The van der Waals surface area contributed by atoms with Crippen LogP contribution in [0.5, 0.6) is 0 Å². The van der Waals surface area contributed by atoms with Crippen LogP contribution in [0.1, 0.15) is 16.2 Å². The van der Waals surface area contributed by atoms with E-state index in [2.05, 4.69) is 26.2 Å². The van der Waals surface area contributed by atoms with Crippen molar-refractivity contribution >= 4 is 33.4 Å². The van der Waals surface area contributed by atoms with Crippen molar-refractivity contribution in [2.24, 2.45) is 7.05 Å². The molecule has 0 saturated heterocycles. The third-order valence-corrected chi connectivity index (χ3v) is 4.05. The van der Waals surface area contributed by atoms with E-state index in [0.717, 1.165) is 5.82 Å². The molecule has 19 heavy (non-hydrogen) atoms. The summed E-state index contributed by atoms with van der Waals surface area (Å²) in [7, 11) is 1.93. The summed E-state index contributed by atoms with van der Waals surface area (Å²) in [4.78, 5) is 16.2. The van der Waals surface area contributed by atoms with Crippen LogP contribution in [0.4, 0.5) is 0 Å². The molecule has 1 amide bonds. The lowest BCUT2D eigenvalue weighted by Crippen LogP contribution is -2.26. The van der Waals surface area contributed by atoms with Crippen molar-refractivity contribution in [3.05, 3.63) is 51.5 Å². The van der Waals surface area contributed by atoms with E-state index in [1.165, 1.54) is 0 Å². The Labute approximate surface area is 124 Å². The van der Waals surface area contributed by atoms with Gasteiger partial charge in [-0.15, -0.1) is 0 Å². The number of rotatable bonds is 4. The van der Waals surface area contributed by atoms with Crippen LogP contribution >= 0.6 is 27.5 Å². The van der Waals surface area contributed by atoms with Crippen LogP contribution in [0.3, 0.4) is 0 Å². The van der Waals surface area contributed by atoms with Crippen molar-refractivity contribution in [1.29, 1.82) is 0 Å². The maximum atomic E-state index is 12.0. The van der Waals surface area contributed by atoms with Crippen LogP contribution in [-0.2, 0) is 13.5 Å². The van der Waals surface area contributed by atoms with Crippen molar-refractivity contribution in [3.63, 3.8) is 0 Å². The molecule has 0 radical (unpaired) electrons. The molecule has 1 heterocycles. The second-order valence-corrected chi connectivity index (χ2v) is 5.29. The van der Waals surface area contributed by atoms with Gasteiger partial charge in [0.2, 0.25) is 0 Å². The Balaban J connectivity index is 1.95. The molecule has 0 saturated carbocycles. The van der Waals surface area contributed by atoms with Crippen LogP contribution in [0.2, 0.25) is 5.02 Å². The fraction of sp³-hybridized carbons (Fsp3) is 0.231. The molecule has 2 rings (SSSR count). The summed E-state index contributed by atoms with van der Waals surface area (Å²) in [5.74, 6) is 0.751. The molecule has 1 aromatic heterocycles. The van der Waals surface area contributed by atoms with Crippen molar-refractivity contribution in [2.45, 2.75) is 6.42 Å². The number of amides is 1. The summed E-state index contributed by atoms with van der Waals surface area (Å²) in [5, 5.41) is 3.26. The highest BCUT2D eigenvalue weighted by atomic mass is 79.9. The lowest BCUT2D eigenvalue weighted by molar-refractivity contribution is 0.0954. The molecule has 6 heteroatoms. The lowest BCUT2D eigenvalue weighted by Gasteiger charge is -2.07. The Hall–Kier alpha value is -1.33. The molecule has 0 spiro atoms. The number of halogens is 2. The largest absolute Gasteiger partial charge is 0.352 e. The predicted molar refractivity (Wildman–Crippen MR) is 78.4 cm³/mol. The third kappa shape index (κ3) is 3.36. The Morgan fingerprint density at radius 3 is 3.00 bits per heavy atom. The van der Waals surface area contributed by atoms with Gasteiger partial charge in [-0.3, -0.25) is 4.79 Å². The molecule has 0 aliphatic rings. The Kier molecular flexibility index (Phi) is 4.61. The van der Waals surface area contributed by atoms with E-state index < -0.39 is 0 Å². The molecule has 0 bridgehead atoms. The summed E-state index contributed by atoms with van der Waals surface area (Å²) in [6.07, 6.45) is 4.30. The second kappa shape index (κ2) is 6.21. The summed E-state index contributed by atoms with van der Waals surface area (Å²) in [6, 6.07) is 5.28. The molecular weight excluding hydrogens is 330 g/mol. The van der Waals surface area contributed by atoms with E-state index >= 15 is 0 Å². The zero-order valence-electron chi connectivity index (χ0n) is 10.4. The molecule has 0 atom stereocenters. The van der Waals surface area contributed by atoms with E-state index in [9.17, 15) is 4.79 Å². The van der Waals surface area contributed by atoms with Crippen LogP contribution in [0.15, 0.2) is 35.1 Å². The minimum absolute atomic E-state index is 0.180. The number of hydrogen-bond acceptors (Lipinski definition) is 2. The Morgan fingerprint density at radius 2 is 2.32 bits per heavy atom. The van der Waals surface area contributed by atoms with Crippen LogP contribution in [0, 0.1) is 0 Å². The normalized spacial score (nSPS) is 10.5. The number of aryl methyl sites for hydroxylation is 1. The SMILES string of the molecule is Cn1ccnc1CCNC(=O)c1cccc(Br)c1Cl. The molecule has 1 aromatic carbocycles. The topological polar surface area (TPSA) is 46.9 Å². The number of imidazole rings is 1. The summed E-state index contributed by atoms with van der Waals surface area (Å²) in [6.45, 7) is 0.520. The number of aromatic nitrogens is 2. The fourth-order valence-electron chi connectivity index (χ4n) is 1.70. The summed E-state index contributed by atoms with van der Waals surface area (Å²) >= 11 is 9.37. The van der Waals surface area contributed by atoms with Gasteiger partial charge < -0.3 is 9.88 Å². The van der Waals surface area contributed by atoms with Gasteiger partial charge in [0.05, 0.1) is 10.6 Å². The average molecular weight is 343 g/mol. The van der Waals surface area contributed by atoms with E-state index in [1.807, 2.05) is 17.8 Å². The zero-order valence-corrected chi connectivity index (χ0v) is 12.7. The minimum Gasteiger partial charge on any atom is -0.352 e. The number of nitrogens with one attached hydrogen (secondary N) is 1. The molecule has 0 fully saturated rings. The maximum absolute atomic E-state index is 12.0. The van der Waals surface area contributed by atoms with Gasteiger partial charge in [0.1, 0.15) is 5.82 Å². The quantitative estimate of drug-likeness (QED) is 0.929. The van der Waals surface area contributed by atoms with Crippen molar-refractivity contribution < 1.29 is 4.79 Å². The summed E-state index contributed by atoms with van der Waals surface area (Å²) < 4.78 is 2.64. The van der Waals surface area contributed by atoms with Gasteiger partial charge >= 0.3 is 0 Å². The van der Waals surface area contributed by atoms with Crippen LogP contribution in [-0.4, -0.2) is 22.0 Å². The van der Waals surface area contributed by atoms with Crippen molar-refractivity contribution in [1.82, 2.24) is 14.9 Å². The van der Waals surface area contributed by atoms with Gasteiger partial charge in [-0.05, 0) is 28.1 Å². The number of nitrogens with zero attached hydrogens (tertiary/aromatic N) is 2. The lowest BCUT2D eigenvalue weighted by atomic mass is 10.2. The third-order valence-electron chi connectivity index (χ3n) is 2.75. The number of carbonyl (C=O) groups is 1. The first-order chi connectivity index (χ1) is 9.09. The molecule has 0 aliphatic heterocycles. The average Bonchev–Trinajstić information content (AvgIpc) is 2.78. The smallest absolute Gasteiger partial charge is 0.252 e. The van der Waals surface area contributed by atoms with E-state index in [4.69, 9.17) is 11.6 Å². The van der Waals surface area contributed by atoms with E-state index in [-0.39, 0.29) is 5.91 Å². The van der Waals surface area contributed by atoms with Gasteiger partial charge in [0.15, 0.2) is 0 Å². The minimum atomic E-state index is -0.180. The first-order valence-corrected chi connectivity index (χ1v) is 6.95. The van der Waals surface area contributed by atoms with Gasteiger partial charge in [-0.1, -0.05) is 17.7 Å². The molecule has 4 nitrogen and oxygen atoms in total.